The topological polar surface area (TPSA) is 49.4 Å². The first-order valence-electron chi connectivity index (χ1n) is 11.8. The molecular formula is C28H24Cl3FN2O2. The number of hydrogen-bond donors (Lipinski definition) is 1. The number of amides is 2. The molecule has 1 N–H and O–H groups in total. The van der Waals surface area contributed by atoms with E-state index in [0.717, 1.165) is 16.7 Å². The minimum atomic E-state index is -1.25. The van der Waals surface area contributed by atoms with E-state index < -0.39 is 23.2 Å². The van der Waals surface area contributed by atoms with Crippen molar-refractivity contribution in [3.8, 4) is 0 Å². The second-order valence-corrected chi connectivity index (χ2v) is 10.6. The lowest BCUT2D eigenvalue weighted by molar-refractivity contribution is -0.145. The quantitative estimate of drug-likeness (QED) is 0.350. The largest absolute Gasteiger partial charge is 0.334 e. The third-order valence-corrected chi connectivity index (χ3v) is 8.09. The Kier molecular flexibility index (Phi) is 6.75. The zero-order chi connectivity index (χ0) is 25.6. The molecule has 36 heavy (non-hydrogen) atoms. The van der Waals surface area contributed by atoms with Crippen LogP contribution < -0.4 is 5.32 Å². The first kappa shape index (κ1) is 25.1. The number of fused-ring (bicyclic) bond motifs is 2. The Labute approximate surface area is 224 Å². The monoisotopic (exact) mass is 544 g/mol. The van der Waals surface area contributed by atoms with Crippen molar-refractivity contribution in [2.75, 3.05) is 17.7 Å². The van der Waals surface area contributed by atoms with Crippen molar-refractivity contribution >= 4 is 52.3 Å². The van der Waals surface area contributed by atoms with Gasteiger partial charge in [-0.25, -0.2) is 4.39 Å². The van der Waals surface area contributed by atoms with Gasteiger partial charge in [-0.05, 0) is 72.0 Å². The number of anilines is 1. The van der Waals surface area contributed by atoms with Crippen molar-refractivity contribution < 1.29 is 14.0 Å². The second-order valence-electron chi connectivity index (χ2n) is 9.36. The first-order valence-corrected chi connectivity index (χ1v) is 13.0. The lowest BCUT2D eigenvalue weighted by atomic mass is 9.58. The van der Waals surface area contributed by atoms with Crippen LogP contribution in [0.25, 0.3) is 0 Å². The number of carbonyl (C=O) groups excluding carboxylic acids is 2. The average molecular weight is 546 g/mol. The zero-order valence-corrected chi connectivity index (χ0v) is 21.8. The van der Waals surface area contributed by atoms with Crippen LogP contribution in [0.4, 0.5) is 10.1 Å². The molecule has 2 amide bonds. The molecule has 2 heterocycles. The van der Waals surface area contributed by atoms with Gasteiger partial charge in [-0.15, -0.1) is 11.6 Å². The number of benzene rings is 3. The standard InChI is InChI=1S/C28H24Cl3FN2O2/c1-16-6-8-20(32)14-21(16)23-15-25(35)34(11-3-10-29)26(17-4-2-5-18(30)12-17)28(23)22-9-7-19(31)13-24(22)33-27(28)36/h2,4-9,12-14,23,26H,3,10-11,15H2,1H3,(H,33,36)/t23-,26+,28-/m1/s1. The number of nitrogens with one attached hydrogen (secondary N) is 1. The molecule has 1 saturated heterocycles. The Bertz CT molecular complexity index is 1360. The van der Waals surface area contributed by atoms with E-state index in [2.05, 4.69) is 5.32 Å². The highest BCUT2D eigenvalue weighted by molar-refractivity contribution is 6.31. The van der Waals surface area contributed by atoms with Crippen LogP contribution in [0.5, 0.6) is 0 Å². The lowest BCUT2D eigenvalue weighted by Crippen LogP contribution is -2.58. The smallest absolute Gasteiger partial charge is 0.238 e. The van der Waals surface area contributed by atoms with Crippen LogP contribution in [0.1, 0.15) is 47.1 Å². The van der Waals surface area contributed by atoms with Crippen molar-refractivity contribution in [1.29, 1.82) is 0 Å². The van der Waals surface area contributed by atoms with Crippen molar-refractivity contribution in [3.05, 3.63) is 98.8 Å². The molecule has 0 aliphatic carbocycles. The predicted molar refractivity (Wildman–Crippen MR) is 141 cm³/mol. The second kappa shape index (κ2) is 9.70. The molecule has 2 aliphatic heterocycles. The van der Waals surface area contributed by atoms with Gasteiger partial charge < -0.3 is 10.2 Å². The van der Waals surface area contributed by atoms with E-state index in [4.69, 9.17) is 34.8 Å². The van der Waals surface area contributed by atoms with Gasteiger partial charge in [0.1, 0.15) is 11.2 Å². The minimum Gasteiger partial charge on any atom is -0.334 e. The van der Waals surface area contributed by atoms with Crippen molar-refractivity contribution in [2.45, 2.75) is 37.1 Å². The summed E-state index contributed by atoms with van der Waals surface area (Å²) in [6, 6.07) is 16.3. The summed E-state index contributed by atoms with van der Waals surface area (Å²) in [7, 11) is 0. The van der Waals surface area contributed by atoms with Crippen LogP contribution in [-0.2, 0) is 15.0 Å². The molecule has 5 rings (SSSR count). The van der Waals surface area contributed by atoms with Crippen LogP contribution in [0.3, 0.4) is 0 Å². The van der Waals surface area contributed by atoms with E-state index in [1.165, 1.54) is 12.1 Å². The van der Waals surface area contributed by atoms with Gasteiger partial charge in [0.05, 0.1) is 6.04 Å². The molecule has 3 atom stereocenters. The van der Waals surface area contributed by atoms with Crippen molar-refractivity contribution in [1.82, 2.24) is 4.90 Å². The number of aryl methyl sites for hydroxylation is 1. The summed E-state index contributed by atoms with van der Waals surface area (Å²) in [5, 5.41) is 4.00. The molecule has 0 aromatic heterocycles. The summed E-state index contributed by atoms with van der Waals surface area (Å²) in [5.74, 6) is -1.07. The number of nitrogens with zero attached hydrogens (tertiary/aromatic N) is 1. The fourth-order valence-electron chi connectivity index (χ4n) is 5.92. The number of rotatable bonds is 5. The highest BCUT2D eigenvalue weighted by atomic mass is 35.5. The van der Waals surface area contributed by atoms with Crippen LogP contribution in [-0.4, -0.2) is 29.1 Å². The molecule has 1 spiro atoms. The summed E-state index contributed by atoms with van der Waals surface area (Å²) >= 11 is 18.7. The maximum absolute atomic E-state index is 14.6. The van der Waals surface area contributed by atoms with E-state index in [9.17, 15) is 14.0 Å². The third kappa shape index (κ3) is 3.98. The number of carbonyl (C=O) groups is 2. The van der Waals surface area contributed by atoms with Gasteiger partial charge in [-0.2, -0.15) is 0 Å². The fourth-order valence-corrected chi connectivity index (χ4v) is 6.42. The summed E-state index contributed by atoms with van der Waals surface area (Å²) in [6.07, 6.45) is 0.596. The first-order chi connectivity index (χ1) is 17.3. The Balaban J connectivity index is 1.85. The van der Waals surface area contributed by atoms with Crippen LogP contribution in [0.15, 0.2) is 60.7 Å². The van der Waals surface area contributed by atoms with Crippen molar-refractivity contribution in [2.24, 2.45) is 0 Å². The van der Waals surface area contributed by atoms with Crippen LogP contribution >= 0.6 is 34.8 Å². The summed E-state index contributed by atoms with van der Waals surface area (Å²) in [5.41, 5.74) is 2.23. The molecule has 4 nitrogen and oxygen atoms in total. The summed E-state index contributed by atoms with van der Waals surface area (Å²) < 4.78 is 14.6. The molecule has 0 saturated carbocycles. The summed E-state index contributed by atoms with van der Waals surface area (Å²) in [6.45, 7) is 2.24. The van der Waals surface area contributed by atoms with Gasteiger partial charge in [0.25, 0.3) is 0 Å². The normalized spacial score (nSPS) is 23.2. The number of halogens is 4. The Morgan fingerprint density at radius 2 is 1.83 bits per heavy atom. The van der Waals surface area contributed by atoms with E-state index in [1.54, 1.807) is 35.2 Å². The molecule has 8 heteroatoms. The lowest BCUT2D eigenvalue weighted by Gasteiger charge is -2.52. The Hall–Kier alpha value is -2.60. The van der Waals surface area contributed by atoms with E-state index in [-0.39, 0.29) is 18.2 Å². The van der Waals surface area contributed by atoms with Gasteiger partial charge in [0, 0.05) is 40.5 Å². The number of piperidine rings is 1. The van der Waals surface area contributed by atoms with E-state index in [0.29, 0.717) is 40.1 Å². The van der Waals surface area contributed by atoms with Gasteiger partial charge >= 0.3 is 0 Å². The molecule has 2 aliphatic rings. The van der Waals surface area contributed by atoms with E-state index in [1.807, 2.05) is 25.1 Å². The van der Waals surface area contributed by atoms with Crippen LogP contribution in [0.2, 0.25) is 10.0 Å². The maximum Gasteiger partial charge on any atom is 0.238 e. The average Bonchev–Trinajstić information content (AvgIpc) is 3.12. The fraction of sp³-hybridized carbons (Fsp3) is 0.286. The minimum absolute atomic E-state index is 0.0408. The maximum atomic E-state index is 14.6. The van der Waals surface area contributed by atoms with Gasteiger partial charge in [-0.3, -0.25) is 9.59 Å². The number of alkyl halides is 1. The Morgan fingerprint density at radius 3 is 2.58 bits per heavy atom. The molecule has 3 aromatic carbocycles. The van der Waals surface area contributed by atoms with Gasteiger partial charge in [-0.1, -0.05) is 47.5 Å². The molecule has 3 aromatic rings. The molecule has 0 unspecified atom stereocenters. The molecule has 1 fully saturated rings. The van der Waals surface area contributed by atoms with Gasteiger partial charge in [0.15, 0.2) is 0 Å². The highest BCUT2D eigenvalue weighted by Gasteiger charge is 2.63. The molecule has 0 radical (unpaired) electrons. The van der Waals surface area contributed by atoms with Crippen molar-refractivity contribution in [3.63, 3.8) is 0 Å². The number of likely N-dealkylation sites (tertiary alicyclic amines) is 1. The van der Waals surface area contributed by atoms with Crippen LogP contribution in [0, 0.1) is 12.7 Å². The molecular weight excluding hydrogens is 522 g/mol. The number of hydrogen-bond acceptors (Lipinski definition) is 2. The zero-order valence-electron chi connectivity index (χ0n) is 19.5. The molecule has 0 bridgehead atoms. The third-order valence-electron chi connectivity index (χ3n) is 7.36. The van der Waals surface area contributed by atoms with E-state index >= 15 is 0 Å². The molecule has 186 valence electrons. The van der Waals surface area contributed by atoms with Gasteiger partial charge in [0.2, 0.25) is 11.8 Å². The highest BCUT2D eigenvalue weighted by Crippen LogP contribution is 2.60. The SMILES string of the molecule is Cc1ccc(F)cc1[C@H]1CC(=O)N(CCCCl)[C@@H](c2cccc(Cl)c2)[C@]12C(=O)Nc1cc(Cl)ccc12. The summed E-state index contributed by atoms with van der Waals surface area (Å²) in [4.78, 5) is 29.8. The Morgan fingerprint density at radius 1 is 1.06 bits per heavy atom. The predicted octanol–water partition coefficient (Wildman–Crippen LogP) is 7.02.